The van der Waals surface area contributed by atoms with E-state index in [1.807, 2.05) is 72.3 Å². The molecular weight excluding hydrogens is 636 g/mol. The maximum absolute atomic E-state index is 13.6. The molecule has 50 heavy (non-hydrogen) atoms. The number of hydrogen-bond donors (Lipinski definition) is 3. The Morgan fingerprint density at radius 1 is 0.980 bits per heavy atom. The topological polar surface area (TPSA) is 180 Å². The molecule has 13 nitrogen and oxygen atoms in total. The Kier molecular flexibility index (Phi) is 11.5. The van der Waals surface area contributed by atoms with Gasteiger partial charge in [-0.05, 0) is 73.5 Å². The maximum atomic E-state index is 13.6. The van der Waals surface area contributed by atoms with Crippen molar-refractivity contribution >= 4 is 46.2 Å². The minimum Gasteiger partial charge on any atom is -0.469 e. The summed E-state index contributed by atoms with van der Waals surface area (Å²) in [5.74, 6) is 0.134. The lowest BCUT2D eigenvalue weighted by Crippen LogP contribution is -2.36. The number of carbonyl (C=O) groups is 3. The Balaban J connectivity index is 1.20. The fourth-order valence-electron chi connectivity index (χ4n) is 5.28. The number of pyridine rings is 1. The number of esters is 2. The van der Waals surface area contributed by atoms with Gasteiger partial charge in [0.2, 0.25) is 0 Å². The van der Waals surface area contributed by atoms with E-state index in [2.05, 4.69) is 15.3 Å². The third-order valence-corrected chi connectivity index (χ3v) is 8.00. The lowest BCUT2D eigenvalue weighted by Gasteiger charge is -2.21. The number of nitrogens with one attached hydrogen (secondary N) is 1. The van der Waals surface area contributed by atoms with Crippen LogP contribution in [-0.2, 0) is 39.1 Å². The molecule has 0 fully saturated rings. The van der Waals surface area contributed by atoms with Crippen molar-refractivity contribution in [2.45, 2.75) is 38.6 Å². The number of rotatable bonds is 14. The molecular formula is C37H40N8O5. The van der Waals surface area contributed by atoms with Gasteiger partial charge in [0, 0.05) is 36.6 Å². The number of imidazole rings is 1. The summed E-state index contributed by atoms with van der Waals surface area (Å²) in [4.78, 5) is 52.8. The molecule has 3 aromatic carbocycles. The van der Waals surface area contributed by atoms with Gasteiger partial charge in [0.15, 0.2) is 6.23 Å². The first kappa shape index (κ1) is 35.2. The maximum Gasteiger partial charge on any atom is 0.325 e. The number of nitrogens with two attached hydrogens (primary N) is 2. The highest BCUT2D eigenvalue weighted by Crippen LogP contribution is 2.21. The number of methoxy groups -OCH3 is 1. The molecule has 13 heteroatoms. The van der Waals surface area contributed by atoms with Crippen LogP contribution in [0.2, 0.25) is 0 Å². The number of benzene rings is 3. The Morgan fingerprint density at radius 3 is 2.40 bits per heavy atom. The number of aromatic nitrogens is 3. The number of fused-ring (bicyclic) bond motifs is 1. The highest BCUT2D eigenvalue weighted by molar-refractivity contribution is 6.07. The van der Waals surface area contributed by atoms with E-state index in [0.29, 0.717) is 35.4 Å². The van der Waals surface area contributed by atoms with E-state index in [4.69, 9.17) is 25.9 Å². The first-order valence-corrected chi connectivity index (χ1v) is 16.1. The molecule has 0 bridgehead atoms. The Hall–Kier alpha value is -6.08. The SMILES string of the molecule is COC(=O)CCN(C(=O)c1ccc2c(c1)nc(CNc1ccc(/C(N)=N/C(C)OC(=O)C(N)Cc3ccccc3)cc1)n2C)c1ccccn1. The van der Waals surface area contributed by atoms with Crippen molar-refractivity contribution in [3.05, 3.63) is 120 Å². The Morgan fingerprint density at radius 2 is 1.70 bits per heavy atom. The molecule has 0 saturated heterocycles. The minimum atomic E-state index is -0.812. The summed E-state index contributed by atoms with van der Waals surface area (Å²) in [7, 11) is 3.22. The highest BCUT2D eigenvalue weighted by Gasteiger charge is 2.22. The van der Waals surface area contributed by atoms with Crippen LogP contribution in [0.25, 0.3) is 11.0 Å². The molecule has 5 rings (SSSR count). The van der Waals surface area contributed by atoms with Crippen LogP contribution in [0.3, 0.4) is 0 Å². The molecule has 0 spiro atoms. The van der Waals surface area contributed by atoms with E-state index < -0.39 is 24.2 Å². The third kappa shape index (κ3) is 8.88. The van der Waals surface area contributed by atoms with Gasteiger partial charge in [0.05, 0.1) is 31.1 Å². The second-order valence-corrected chi connectivity index (χ2v) is 11.5. The molecule has 1 amide bonds. The molecule has 2 aromatic heterocycles. The molecule has 0 radical (unpaired) electrons. The van der Waals surface area contributed by atoms with Crippen LogP contribution < -0.4 is 21.7 Å². The number of anilines is 2. The molecule has 2 unspecified atom stereocenters. The predicted molar refractivity (Wildman–Crippen MR) is 191 cm³/mol. The van der Waals surface area contributed by atoms with Crippen molar-refractivity contribution in [2.75, 3.05) is 23.9 Å². The summed E-state index contributed by atoms with van der Waals surface area (Å²) in [6.07, 6.45) is 1.17. The summed E-state index contributed by atoms with van der Waals surface area (Å²) in [5, 5.41) is 3.36. The monoisotopic (exact) mass is 676 g/mol. The van der Waals surface area contributed by atoms with Gasteiger partial charge in [0.1, 0.15) is 23.5 Å². The number of aryl methyl sites for hydroxylation is 1. The van der Waals surface area contributed by atoms with Crippen LogP contribution in [0.1, 0.15) is 40.7 Å². The van der Waals surface area contributed by atoms with E-state index in [-0.39, 0.29) is 24.7 Å². The van der Waals surface area contributed by atoms with Crippen molar-refractivity contribution < 1.29 is 23.9 Å². The normalized spacial score (nSPS) is 12.6. The quantitative estimate of drug-likeness (QED) is 0.0886. The van der Waals surface area contributed by atoms with Gasteiger partial charge >= 0.3 is 11.9 Å². The van der Waals surface area contributed by atoms with Gasteiger partial charge < -0.3 is 30.8 Å². The fourth-order valence-corrected chi connectivity index (χ4v) is 5.28. The number of amidine groups is 1. The van der Waals surface area contributed by atoms with Crippen molar-refractivity contribution in [2.24, 2.45) is 23.5 Å². The van der Waals surface area contributed by atoms with Gasteiger partial charge in [-0.2, -0.15) is 0 Å². The van der Waals surface area contributed by atoms with Gasteiger partial charge in [-0.25, -0.2) is 15.0 Å². The van der Waals surface area contributed by atoms with Gasteiger partial charge in [-0.1, -0.05) is 36.4 Å². The van der Waals surface area contributed by atoms with Gasteiger partial charge in [-0.15, -0.1) is 0 Å². The van der Waals surface area contributed by atoms with Crippen LogP contribution in [-0.4, -0.2) is 64.1 Å². The fraction of sp³-hybridized carbons (Fsp3) is 0.243. The average Bonchev–Trinajstić information content (AvgIpc) is 3.45. The number of amides is 1. The van der Waals surface area contributed by atoms with Crippen molar-refractivity contribution in [1.29, 1.82) is 0 Å². The second-order valence-electron chi connectivity index (χ2n) is 11.5. The van der Waals surface area contributed by atoms with E-state index in [0.717, 1.165) is 22.6 Å². The van der Waals surface area contributed by atoms with Crippen LogP contribution in [0, 0.1) is 0 Å². The summed E-state index contributed by atoms with van der Waals surface area (Å²) in [6.45, 7) is 2.16. The molecule has 0 aliphatic carbocycles. The smallest absolute Gasteiger partial charge is 0.325 e. The molecule has 2 atom stereocenters. The van der Waals surface area contributed by atoms with Crippen LogP contribution in [0.4, 0.5) is 11.5 Å². The van der Waals surface area contributed by atoms with Crippen LogP contribution in [0.5, 0.6) is 0 Å². The average molecular weight is 677 g/mol. The third-order valence-electron chi connectivity index (χ3n) is 8.00. The van der Waals surface area contributed by atoms with Gasteiger partial charge in [0.25, 0.3) is 5.91 Å². The summed E-state index contributed by atoms with van der Waals surface area (Å²) in [6, 6.07) is 26.6. The van der Waals surface area contributed by atoms with Crippen molar-refractivity contribution in [3.8, 4) is 0 Å². The zero-order chi connectivity index (χ0) is 35.6. The first-order chi connectivity index (χ1) is 24.1. The zero-order valence-corrected chi connectivity index (χ0v) is 28.2. The van der Waals surface area contributed by atoms with E-state index in [1.54, 1.807) is 43.5 Å². The molecule has 258 valence electrons. The van der Waals surface area contributed by atoms with E-state index >= 15 is 0 Å². The lowest BCUT2D eigenvalue weighted by molar-refractivity contribution is -0.149. The van der Waals surface area contributed by atoms with E-state index in [1.165, 1.54) is 12.0 Å². The standard InChI is InChI=1S/C37H40N8O5/c1-24(50-37(48)29(38)21-25-9-5-4-6-10-25)42-35(39)26-12-15-28(16-13-26)41-23-33-43-30-22-27(14-17-31(30)44(33)2)36(47)45(20-18-34(46)49-3)32-11-7-8-19-40-32/h4-17,19,22,24,29,41H,18,20-21,23,38H2,1-3H3,(H2,39,42). The first-order valence-electron chi connectivity index (χ1n) is 16.1. The zero-order valence-electron chi connectivity index (χ0n) is 28.2. The van der Waals surface area contributed by atoms with Gasteiger partial charge in [-0.3, -0.25) is 19.3 Å². The Bertz CT molecular complexity index is 1960. The predicted octanol–water partition coefficient (Wildman–Crippen LogP) is 3.95. The molecule has 2 heterocycles. The highest BCUT2D eigenvalue weighted by atomic mass is 16.6. The summed E-state index contributed by atoms with van der Waals surface area (Å²) >= 11 is 0. The molecule has 0 aliphatic heterocycles. The number of hydrogen-bond acceptors (Lipinski definition) is 10. The second kappa shape index (κ2) is 16.3. The molecule has 0 aliphatic rings. The summed E-state index contributed by atoms with van der Waals surface area (Å²) in [5.41, 5.74) is 16.6. The molecule has 0 saturated carbocycles. The minimum absolute atomic E-state index is 0.0279. The molecule has 5 aromatic rings. The largest absolute Gasteiger partial charge is 0.469 e. The molecule has 5 N–H and O–H groups in total. The van der Waals surface area contributed by atoms with Crippen molar-refractivity contribution in [1.82, 2.24) is 14.5 Å². The number of carbonyl (C=O) groups excluding carboxylic acids is 3. The van der Waals surface area contributed by atoms with E-state index in [9.17, 15) is 14.4 Å². The lowest BCUT2D eigenvalue weighted by atomic mass is 10.1. The van der Waals surface area contributed by atoms with Crippen LogP contribution >= 0.6 is 0 Å². The number of ether oxygens (including phenoxy) is 2. The summed E-state index contributed by atoms with van der Waals surface area (Å²) < 4.78 is 12.1. The number of aliphatic imine (C=N–C) groups is 1. The Labute approximate surface area is 289 Å². The van der Waals surface area contributed by atoms with Crippen LogP contribution in [0.15, 0.2) is 102 Å². The number of nitrogens with zero attached hydrogens (tertiary/aromatic N) is 5. The van der Waals surface area contributed by atoms with Crippen molar-refractivity contribution in [3.63, 3.8) is 0 Å².